The van der Waals surface area contributed by atoms with Gasteiger partial charge in [0.25, 0.3) is 0 Å². The number of rotatable bonds is 8. The lowest BCUT2D eigenvalue weighted by atomic mass is 9.97. The van der Waals surface area contributed by atoms with Crippen LogP contribution in [0, 0.1) is 5.82 Å². The number of benzene rings is 3. The van der Waals surface area contributed by atoms with E-state index >= 15 is 0 Å². The standard InChI is InChI=1S/C26H24F2O3/c1-18(21-12-13-22(23(28)17-21)20-9-4-3-5-10-20)26(29)31-24-14-11-19(8-6-7-15-27)16-25(24)30-2/h3-6,8-14,16-18H,7,15H2,1-2H3/b8-6+. The van der Waals surface area contributed by atoms with E-state index in [0.29, 0.717) is 23.3 Å². The molecule has 0 aromatic heterocycles. The minimum atomic E-state index is -0.673. The third-order valence-electron chi connectivity index (χ3n) is 4.92. The fourth-order valence-electron chi connectivity index (χ4n) is 3.14. The van der Waals surface area contributed by atoms with Crippen molar-refractivity contribution < 1.29 is 23.0 Å². The van der Waals surface area contributed by atoms with Crippen LogP contribution in [-0.2, 0) is 4.79 Å². The average Bonchev–Trinajstić information content (AvgIpc) is 2.80. The van der Waals surface area contributed by atoms with E-state index in [-0.39, 0.29) is 5.75 Å². The molecule has 5 heteroatoms. The Balaban J connectivity index is 1.75. The van der Waals surface area contributed by atoms with Crippen molar-refractivity contribution in [3.05, 3.63) is 89.8 Å². The summed E-state index contributed by atoms with van der Waals surface area (Å²) in [6.45, 7) is 1.24. The van der Waals surface area contributed by atoms with E-state index in [1.165, 1.54) is 13.2 Å². The van der Waals surface area contributed by atoms with Gasteiger partial charge in [0.05, 0.1) is 19.7 Å². The lowest BCUT2D eigenvalue weighted by Crippen LogP contribution is -2.17. The van der Waals surface area contributed by atoms with Gasteiger partial charge >= 0.3 is 5.97 Å². The number of hydrogen-bond acceptors (Lipinski definition) is 3. The highest BCUT2D eigenvalue weighted by molar-refractivity contribution is 5.81. The van der Waals surface area contributed by atoms with E-state index in [2.05, 4.69) is 0 Å². The van der Waals surface area contributed by atoms with Crippen LogP contribution < -0.4 is 9.47 Å². The zero-order valence-corrected chi connectivity index (χ0v) is 17.5. The topological polar surface area (TPSA) is 35.5 Å². The molecule has 0 bridgehead atoms. The van der Waals surface area contributed by atoms with Crippen LogP contribution >= 0.6 is 0 Å². The number of alkyl halides is 1. The van der Waals surface area contributed by atoms with Gasteiger partial charge < -0.3 is 9.47 Å². The maximum atomic E-state index is 14.7. The van der Waals surface area contributed by atoms with E-state index in [9.17, 15) is 13.6 Å². The smallest absolute Gasteiger partial charge is 0.318 e. The first-order valence-electron chi connectivity index (χ1n) is 10.0. The molecular formula is C26H24F2O3. The van der Waals surface area contributed by atoms with Gasteiger partial charge in [-0.25, -0.2) is 4.39 Å². The molecule has 3 aromatic carbocycles. The van der Waals surface area contributed by atoms with Gasteiger partial charge in [0.1, 0.15) is 5.82 Å². The lowest BCUT2D eigenvalue weighted by Gasteiger charge is -2.15. The number of esters is 1. The van der Waals surface area contributed by atoms with E-state index in [1.807, 2.05) is 30.3 Å². The van der Waals surface area contributed by atoms with E-state index < -0.39 is 24.4 Å². The molecule has 1 atom stereocenters. The molecule has 0 N–H and O–H groups in total. The molecule has 31 heavy (non-hydrogen) atoms. The third kappa shape index (κ3) is 5.57. The van der Waals surface area contributed by atoms with Gasteiger partial charge in [-0.3, -0.25) is 9.18 Å². The second kappa shape index (κ2) is 10.5. The molecule has 0 radical (unpaired) electrons. The summed E-state index contributed by atoms with van der Waals surface area (Å²) in [7, 11) is 1.48. The fraction of sp³-hybridized carbons (Fsp3) is 0.192. The van der Waals surface area contributed by atoms with E-state index in [4.69, 9.17) is 9.47 Å². The number of methoxy groups -OCH3 is 1. The molecule has 0 aliphatic carbocycles. The number of hydrogen-bond donors (Lipinski definition) is 0. The second-order valence-electron chi connectivity index (χ2n) is 7.04. The van der Waals surface area contributed by atoms with E-state index in [0.717, 1.165) is 11.1 Å². The zero-order valence-electron chi connectivity index (χ0n) is 17.5. The van der Waals surface area contributed by atoms with Crippen LogP contribution in [0.15, 0.2) is 72.8 Å². The van der Waals surface area contributed by atoms with Crippen molar-refractivity contribution in [1.29, 1.82) is 0 Å². The summed E-state index contributed by atoms with van der Waals surface area (Å²) in [4.78, 5) is 12.7. The highest BCUT2D eigenvalue weighted by Crippen LogP contribution is 2.31. The number of allylic oxidation sites excluding steroid dienone is 1. The Bertz CT molecular complexity index is 1060. The molecular weight excluding hydrogens is 398 g/mol. The first-order chi connectivity index (χ1) is 15.0. The Morgan fingerprint density at radius 1 is 1.03 bits per heavy atom. The molecule has 3 nitrogen and oxygen atoms in total. The van der Waals surface area contributed by atoms with Gasteiger partial charge in [0.2, 0.25) is 0 Å². The fourth-order valence-corrected chi connectivity index (χ4v) is 3.14. The Hall–Kier alpha value is -3.47. The highest BCUT2D eigenvalue weighted by Gasteiger charge is 2.21. The monoisotopic (exact) mass is 422 g/mol. The third-order valence-corrected chi connectivity index (χ3v) is 4.92. The van der Waals surface area contributed by atoms with Gasteiger partial charge in [-0.2, -0.15) is 0 Å². The number of carbonyl (C=O) groups is 1. The van der Waals surface area contributed by atoms with Gasteiger partial charge in [-0.1, -0.05) is 60.7 Å². The summed E-state index contributed by atoms with van der Waals surface area (Å²) >= 11 is 0. The summed E-state index contributed by atoms with van der Waals surface area (Å²) in [5.41, 5.74) is 2.57. The molecule has 0 fully saturated rings. The highest BCUT2D eigenvalue weighted by atomic mass is 19.1. The number of ether oxygens (including phenoxy) is 2. The van der Waals surface area contributed by atoms with Crippen molar-refractivity contribution in [2.24, 2.45) is 0 Å². The molecule has 0 heterocycles. The summed E-state index contributed by atoms with van der Waals surface area (Å²) in [5.74, 6) is -0.943. The average molecular weight is 422 g/mol. The Morgan fingerprint density at radius 2 is 1.81 bits per heavy atom. The van der Waals surface area contributed by atoms with Gasteiger partial charge in [0, 0.05) is 5.56 Å². The molecule has 0 saturated heterocycles. The predicted octanol–water partition coefficient (Wildman–Crippen LogP) is 6.58. The quantitative estimate of drug-likeness (QED) is 0.304. The minimum absolute atomic E-state index is 0.267. The maximum Gasteiger partial charge on any atom is 0.318 e. The Morgan fingerprint density at radius 3 is 2.48 bits per heavy atom. The molecule has 0 saturated carbocycles. The van der Waals surface area contributed by atoms with Crippen LogP contribution in [0.25, 0.3) is 17.2 Å². The first-order valence-corrected chi connectivity index (χ1v) is 10.0. The van der Waals surface area contributed by atoms with Crippen molar-refractivity contribution in [2.75, 3.05) is 13.8 Å². The van der Waals surface area contributed by atoms with Crippen LogP contribution in [-0.4, -0.2) is 19.8 Å². The normalized spacial score (nSPS) is 12.0. The van der Waals surface area contributed by atoms with Crippen molar-refractivity contribution in [2.45, 2.75) is 19.3 Å². The second-order valence-corrected chi connectivity index (χ2v) is 7.04. The van der Waals surface area contributed by atoms with Crippen LogP contribution in [0.2, 0.25) is 0 Å². The molecule has 0 aliphatic heterocycles. The number of halogens is 2. The molecule has 3 aromatic rings. The summed E-state index contributed by atoms with van der Waals surface area (Å²) in [5, 5.41) is 0. The Labute approximate surface area is 180 Å². The largest absolute Gasteiger partial charge is 0.493 e. The molecule has 0 spiro atoms. The van der Waals surface area contributed by atoms with Crippen molar-refractivity contribution in [3.8, 4) is 22.6 Å². The van der Waals surface area contributed by atoms with Gasteiger partial charge in [0.15, 0.2) is 11.5 Å². The van der Waals surface area contributed by atoms with Gasteiger partial charge in [-0.15, -0.1) is 0 Å². The van der Waals surface area contributed by atoms with Crippen molar-refractivity contribution >= 4 is 12.0 Å². The van der Waals surface area contributed by atoms with Crippen LogP contribution in [0.5, 0.6) is 11.5 Å². The molecule has 3 rings (SSSR count). The zero-order chi connectivity index (χ0) is 22.2. The van der Waals surface area contributed by atoms with Crippen LogP contribution in [0.1, 0.15) is 30.4 Å². The SMILES string of the molecule is COc1cc(/C=C/CCF)ccc1OC(=O)C(C)c1ccc(-c2ccccc2)c(F)c1. The Kier molecular flexibility index (Phi) is 7.55. The lowest BCUT2D eigenvalue weighted by molar-refractivity contribution is -0.135. The van der Waals surface area contributed by atoms with Crippen LogP contribution in [0.4, 0.5) is 8.78 Å². The van der Waals surface area contributed by atoms with Crippen molar-refractivity contribution in [1.82, 2.24) is 0 Å². The molecule has 0 amide bonds. The summed E-state index contributed by atoms with van der Waals surface area (Å²) in [6.07, 6.45) is 3.82. The summed E-state index contributed by atoms with van der Waals surface area (Å²) in [6, 6.07) is 19.1. The minimum Gasteiger partial charge on any atom is -0.493 e. The molecule has 160 valence electrons. The van der Waals surface area contributed by atoms with Crippen LogP contribution in [0.3, 0.4) is 0 Å². The van der Waals surface area contributed by atoms with E-state index in [1.54, 1.807) is 49.4 Å². The molecule has 0 aliphatic rings. The predicted molar refractivity (Wildman–Crippen MR) is 119 cm³/mol. The van der Waals surface area contributed by atoms with Gasteiger partial charge in [-0.05, 0) is 48.2 Å². The summed E-state index contributed by atoms with van der Waals surface area (Å²) < 4.78 is 37.8. The maximum absolute atomic E-state index is 14.7. The molecule has 1 unspecified atom stereocenters. The van der Waals surface area contributed by atoms with Crippen molar-refractivity contribution in [3.63, 3.8) is 0 Å². The number of carbonyl (C=O) groups excluding carboxylic acids is 1. The first kappa shape index (κ1) is 22.2.